The van der Waals surface area contributed by atoms with Crippen LogP contribution in [0, 0.1) is 0 Å². The molecule has 0 aliphatic carbocycles. The highest BCUT2D eigenvalue weighted by Gasteiger charge is 2.15. The zero-order valence-corrected chi connectivity index (χ0v) is 12.2. The van der Waals surface area contributed by atoms with Crippen LogP contribution >= 0.6 is 0 Å². The van der Waals surface area contributed by atoms with E-state index < -0.39 is 17.8 Å². The molecule has 0 heterocycles. The molecule has 8 heteroatoms. The number of hydroxylamine groups is 1. The van der Waals surface area contributed by atoms with Crippen LogP contribution in [0.2, 0.25) is 0 Å². The summed E-state index contributed by atoms with van der Waals surface area (Å²) in [6, 6.07) is 9.68. The number of carboxylic acids is 2. The van der Waals surface area contributed by atoms with Gasteiger partial charge in [-0.3, -0.25) is 10.0 Å². The summed E-state index contributed by atoms with van der Waals surface area (Å²) in [5.74, 6) is -3.23. The fourth-order valence-electron chi connectivity index (χ4n) is 1.98. The molecule has 0 unspecified atom stereocenters. The minimum atomic E-state index is -1.31. The molecule has 0 fully saturated rings. The van der Waals surface area contributed by atoms with E-state index >= 15 is 0 Å². The van der Waals surface area contributed by atoms with Crippen molar-refractivity contribution in [2.24, 2.45) is 0 Å². The molecule has 124 valence electrons. The summed E-state index contributed by atoms with van der Waals surface area (Å²) in [4.78, 5) is 33.5. The van der Waals surface area contributed by atoms with Gasteiger partial charge in [0.1, 0.15) is 17.9 Å². The van der Waals surface area contributed by atoms with Gasteiger partial charge in [0.25, 0.3) is 5.91 Å². The third-order valence-electron chi connectivity index (χ3n) is 3.14. The Morgan fingerprint density at radius 2 is 1.71 bits per heavy atom. The minimum Gasteiger partial charge on any atom is -0.488 e. The SMILES string of the molecule is O=C(O)c1cccc(COc2ccc(C(=O)NO)cc2C(=O)O)c1. The molecule has 24 heavy (non-hydrogen) atoms. The number of benzene rings is 2. The van der Waals surface area contributed by atoms with Gasteiger partial charge in [0, 0.05) is 5.56 Å². The molecule has 8 nitrogen and oxygen atoms in total. The van der Waals surface area contributed by atoms with Gasteiger partial charge >= 0.3 is 11.9 Å². The minimum absolute atomic E-state index is 0.0118. The highest BCUT2D eigenvalue weighted by atomic mass is 16.5. The highest BCUT2D eigenvalue weighted by molar-refractivity contribution is 5.98. The van der Waals surface area contributed by atoms with Crippen LogP contribution in [0.4, 0.5) is 0 Å². The molecule has 0 radical (unpaired) electrons. The van der Waals surface area contributed by atoms with Gasteiger partial charge in [-0.2, -0.15) is 0 Å². The van der Waals surface area contributed by atoms with Crippen molar-refractivity contribution in [3.8, 4) is 5.75 Å². The number of hydrogen-bond acceptors (Lipinski definition) is 5. The first-order valence-corrected chi connectivity index (χ1v) is 6.69. The maximum atomic E-state index is 11.3. The first kappa shape index (κ1) is 17.0. The van der Waals surface area contributed by atoms with Crippen molar-refractivity contribution in [2.75, 3.05) is 0 Å². The van der Waals surface area contributed by atoms with E-state index in [0.717, 1.165) is 6.07 Å². The van der Waals surface area contributed by atoms with Crippen molar-refractivity contribution in [1.29, 1.82) is 0 Å². The average molecular weight is 331 g/mol. The van der Waals surface area contributed by atoms with Crippen LogP contribution < -0.4 is 10.2 Å². The number of carbonyl (C=O) groups excluding carboxylic acids is 1. The number of hydrogen-bond donors (Lipinski definition) is 4. The lowest BCUT2D eigenvalue weighted by Crippen LogP contribution is -2.19. The smallest absolute Gasteiger partial charge is 0.339 e. The van der Waals surface area contributed by atoms with Gasteiger partial charge in [0.2, 0.25) is 0 Å². The lowest BCUT2D eigenvalue weighted by Gasteiger charge is -2.11. The average Bonchev–Trinajstić information content (AvgIpc) is 2.59. The van der Waals surface area contributed by atoms with Gasteiger partial charge < -0.3 is 14.9 Å². The number of carbonyl (C=O) groups is 3. The maximum absolute atomic E-state index is 11.3. The fraction of sp³-hybridized carbons (Fsp3) is 0.0625. The second-order valence-corrected chi connectivity index (χ2v) is 4.75. The van der Waals surface area contributed by atoms with Crippen LogP contribution in [0.5, 0.6) is 5.75 Å². The van der Waals surface area contributed by atoms with Gasteiger partial charge in [-0.1, -0.05) is 12.1 Å². The Bertz CT molecular complexity index is 801. The summed E-state index contributed by atoms with van der Waals surface area (Å²) in [5.41, 5.74) is 1.74. The summed E-state index contributed by atoms with van der Waals surface area (Å²) < 4.78 is 5.42. The van der Waals surface area contributed by atoms with E-state index in [1.165, 1.54) is 29.7 Å². The molecule has 0 aromatic heterocycles. The molecule has 2 rings (SSSR count). The Morgan fingerprint density at radius 1 is 0.958 bits per heavy atom. The van der Waals surface area contributed by atoms with E-state index in [2.05, 4.69) is 0 Å². The van der Waals surface area contributed by atoms with Gasteiger partial charge in [-0.15, -0.1) is 0 Å². The van der Waals surface area contributed by atoms with Gasteiger partial charge in [-0.05, 0) is 35.9 Å². The molecule has 0 saturated heterocycles. The van der Waals surface area contributed by atoms with Gasteiger partial charge in [0.05, 0.1) is 5.56 Å². The quantitative estimate of drug-likeness (QED) is 0.468. The van der Waals surface area contributed by atoms with Crippen molar-refractivity contribution < 1.29 is 34.5 Å². The molecule has 0 atom stereocenters. The summed E-state index contributed by atoms with van der Waals surface area (Å²) in [7, 11) is 0. The standard InChI is InChI=1S/C16H13NO7/c18-14(17-23)10-4-5-13(12(7-10)16(21)22)24-8-9-2-1-3-11(6-9)15(19)20/h1-7,23H,8H2,(H,17,18)(H,19,20)(H,21,22). The highest BCUT2D eigenvalue weighted by Crippen LogP contribution is 2.22. The number of amides is 1. The van der Waals surface area contributed by atoms with Crippen molar-refractivity contribution in [3.05, 3.63) is 64.7 Å². The third-order valence-corrected chi connectivity index (χ3v) is 3.14. The summed E-state index contributed by atoms with van der Waals surface area (Å²) in [6.07, 6.45) is 0. The molecular formula is C16H13NO7. The summed E-state index contributed by atoms with van der Waals surface area (Å²) in [5, 5.41) is 26.7. The van der Waals surface area contributed by atoms with E-state index in [1.807, 2.05) is 0 Å². The molecule has 4 N–H and O–H groups in total. The number of ether oxygens (including phenoxy) is 1. The van der Waals surface area contributed by atoms with E-state index in [1.54, 1.807) is 12.1 Å². The first-order chi connectivity index (χ1) is 11.4. The molecular weight excluding hydrogens is 318 g/mol. The van der Waals surface area contributed by atoms with Crippen LogP contribution in [0.1, 0.15) is 36.6 Å². The Balaban J connectivity index is 2.23. The Hall–Kier alpha value is -3.39. The number of aromatic carboxylic acids is 2. The molecule has 2 aromatic rings. The summed E-state index contributed by atoms with van der Waals surface area (Å²) in [6.45, 7) is -0.0487. The largest absolute Gasteiger partial charge is 0.488 e. The molecule has 0 bridgehead atoms. The lowest BCUT2D eigenvalue weighted by atomic mass is 10.1. The molecule has 0 saturated carbocycles. The zero-order valence-electron chi connectivity index (χ0n) is 12.2. The Morgan fingerprint density at radius 3 is 2.33 bits per heavy atom. The van der Waals surface area contributed by atoms with Crippen molar-refractivity contribution in [2.45, 2.75) is 6.61 Å². The van der Waals surface area contributed by atoms with E-state index in [-0.39, 0.29) is 29.0 Å². The predicted octanol–water partition coefficient (Wildman–Crippen LogP) is 1.78. The van der Waals surface area contributed by atoms with Crippen molar-refractivity contribution in [1.82, 2.24) is 5.48 Å². The Kier molecular flexibility index (Phi) is 5.13. The van der Waals surface area contributed by atoms with E-state index in [0.29, 0.717) is 5.56 Å². The number of carboxylic acid groups (broad SMARTS) is 2. The van der Waals surface area contributed by atoms with Gasteiger partial charge in [-0.25, -0.2) is 15.1 Å². The van der Waals surface area contributed by atoms with E-state index in [4.69, 9.17) is 15.1 Å². The lowest BCUT2D eigenvalue weighted by molar-refractivity contribution is 0.0682. The molecule has 2 aromatic carbocycles. The second-order valence-electron chi connectivity index (χ2n) is 4.75. The normalized spacial score (nSPS) is 10.0. The molecule has 1 amide bonds. The van der Waals surface area contributed by atoms with Crippen LogP contribution in [0.3, 0.4) is 0 Å². The van der Waals surface area contributed by atoms with Crippen LogP contribution in [-0.4, -0.2) is 33.3 Å². The maximum Gasteiger partial charge on any atom is 0.339 e. The summed E-state index contributed by atoms with van der Waals surface area (Å²) >= 11 is 0. The number of rotatable bonds is 6. The van der Waals surface area contributed by atoms with Crippen molar-refractivity contribution >= 4 is 17.8 Å². The molecule has 0 spiro atoms. The third kappa shape index (κ3) is 3.87. The van der Waals surface area contributed by atoms with E-state index in [9.17, 15) is 19.5 Å². The Labute approximate surface area is 135 Å². The van der Waals surface area contributed by atoms with Crippen LogP contribution in [-0.2, 0) is 6.61 Å². The monoisotopic (exact) mass is 331 g/mol. The number of nitrogens with one attached hydrogen (secondary N) is 1. The molecule has 0 aliphatic rings. The topological polar surface area (TPSA) is 133 Å². The predicted molar refractivity (Wildman–Crippen MR) is 80.4 cm³/mol. The second kappa shape index (κ2) is 7.25. The first-order valence-electron chi connectivity index (χ1n) is 6.69. The van der Waals surface area contributed by atoms with Gasteiger partial charge in [0.15, 0.2) is 0 Å². The van der Waals surface area contributed by atoms with Crippen molar-refractivity contribution in [3.63, 3.8) is 0 Å². The molecule has 0 aliphatic heterocycles. The zero-order chi connectivity index (χ0) is 17.7. The van der Waals surface area contributed by atoms with Crippen LogP contribution in [0.25, 0.3) is 0 Å². The fourth-order valence-corrected chi connectivity index (χ4v) is 1.98. The van der Waals surface area contributed by atoms with Crippen LogP contribution in [0.15, 0.2) is 42.5 Å².